The van der Waals surface area contributed by atoms with Gasteiger partial charge in [0.1, 0.15) is 6.23 Å². The Hall–Kier alpha value is -0.120. The molecule has 4 heteroatoms. The number of nitrogens with one attached hydrogen (secondary N) is 1. The van der Waals surface area contributed by atoms with E-state index in [0.717, 1.165) is 12.8 Å². The maximum Gasteiger partial charge on any atom is 0.155 e. The van der Waals surface area contributed by atoms with Gasteiger partial charge in [0.05, 0.1) is 11.4 Å². The fraction of sp³-hybridized carbons (Fsp3) is 0.909. The molecule has 88 valence electrons. The molecule has 0 saturated carbocycles. The Morgan fingerprint density at radius 3 is 2.47 bits per heavy atom. The van der Waals surface area contributed by atoms with Crippen LogP contribution in [-0.2, 0) is 9.53 Å². The minimum Gasteiger partial charge on any atom is -0.365 e. The zero-order valence-corrected chi connectivity index (χ0v) is 10.6. The molecule has 0 aromatic rings. The lowest BCUT2D eigenvalue weighted by molar-refractivity contribution is -0.130. The van der Waals surface area contributed by atoms with Gasteiger partial charge in [0.2, 0.25) is 0 Å². The van der Waals surface area contributed by atoms with Crippen molar-refractivity contribution in [2.75, 3.05) is 7.11 Å². The van der Waals surface area contributed by atoms with E-state index in [1.165, 1.54) is 0 Å². The summed E-state index contributed by atoms with van der Waals surface area (Å²) in [5.41, 5.74) is -0.310. The van der Waals surface area contributed by atoms with Crippen molar-refractivity contribution in [3.05, 3.63) is 0 Å². The molecule has 0 spiro atoms. The number of methoxy groups -OCH3 is 1. The monoisotopic (exact) mass is 233 g/mol. The molecular formula is C11H20ClNO2. The van der Waals surface area contributed by atoms with Gasteiger partial charge in [-0.2, -0.15) is 0 Å². The van der Waals surface area contributed by atoms with Crippen molar-refractivity contribution in [2.45, 2.75) is 51.3 Å². The van der Waals surface area contributed by atoms with Gasteiger partial charge in [-0.15, -0.1) is 11.6 Å². The number of hydrogen-bond donors (Lipinski definition) is 1. The summed E-state index contributed by atoms with van der Waals surface area (Å²) in [4.78, 5) is 12.0. The third-order valence-corrected chi connectivity index (χ3v) is 3.18. The van der Waals surface area contributed by atoms with E-state index >= 15 is 0 Å². The van der Waals surface area contributed by atoms with Crippen molar-refractivity contribution in [1.29, 1.82) is 0 Å². The van der Waals surface area contributed by atoms with Crippen LogP contribution in [0.15, 0.2) is 0 Å². The van der Waals surface area contributed by atoms with Gasteiger partial charge in [0.25, 0.3) is 0 Å². The van der Waals surface area contributed by atoms with Crippen LogP contribution in [0.25, 0.3) is 0 Å². The fourth-order valence-corrected chi connectivity index (χ4v) is 2.11. The number of piperidine rings is 1. The van der Waals surface area contributed by atoms with Crippen molar-refractivity contribution in [1.82, 2.24) is 5.32 Å². The van der Waals surface area contributed by atoms with Crippen LogP contribution >= 0.6 is 11.6 Å². The first kappa shape index (κ1) is 12.9. The summed E-state index contributed by atoms with van der Waals surface area (Å²) in [5.74, 6) is 0.230. The lowest BCUT2D eigenvalue weighted by Crippen LogP contribution is -2.54. The highest BCUT2D eigenvalue weighted by Crippen LogP contribution is 2.25. The topological polar surface area (TPSA) is 38.3 Å². The van der Waals surface area contributed by atoms with Crippen LogP contribution in [0.1, 0.15) is 33.6 Å². The van der Waals surface area contributed by atoms with Crippen LogP contribution in [0.4, 0.5) is 0 Å². The van der Waals surface area contributed by atoms with Gasteiger partial charge in [0, 0.05) is 12.5 Å². The van der Waals surface area contributed by atoms with Crippen molar-refractivity contribution in [3.63, 3.8) is 0 Å². The van der Waals surface area contributed by atoms with Gasteiger partial charge in [-0.3, -0.25) is 10.1 Å². The summed E-state index contributed by atoms with van der Waals surface area (Å²) in [6.45, 7) is 5.81. The predicted octanol–water partition coefficient (Wildman–Crippen LogP) is 1.93. The lowest BCUT2D eigenvalue weighted by atomic mass is 9.83. The minimum absolute atomic E-state index is 0.0426. The van der Waals surface area contributed by atoms with Gasteiger partial charge in [0.15, 0.2) is 5.78 Å². The number of halogens is 1. The van der Waals surface area contributed by atoms with Crippen LogP contribution < -0.4 is 5.32 Å². The Morgan fingerprint density at radius 1 is 1.40 bits per heavy atom. The number of ketones is 1. The molecule has 1 aliphatic rings. The summed E-state index contributed by atoms with van der Waals surface area (Å²) in [6, 6.07) is -0.120. The van der Waals surface area contributed by atoms with Crippen LogP contribution in [0, 0.1) is 5.41 Å². The molecule has 0 bridgehead atoms. The van der Waals surface area contributed by atoms with Crippen molar-refractivity contribution in [2.24, 2.45) is 5.41 Å². The summed E-state index contributed by atoms with van der Waals surface area (Å²) in [5, 5.41) is 3.11. The molecule has 3 unspecified atom stereocenters. The lowest BCUT2D eigenvalue weighted by Gasteiger charge is -2.35. The van der Waals surface area contributed by atoms with E-state index in [0.29, 0.717) is 0 Å². The van der Waals surface area contributed by atoms with Crippen LogP contribution in [-0.4, -0.2) is 30.5 Å². The number of rotatable bonds is 2. The number of carbonyl (C=O) groups excluding carboxylic acids is 1. The molecule has 0 amide bonds. The maximum absolute atomic E-state index is 12.0. The zero-order chi connectivity index (χ0) is 11.6. The van der Waals surface area contributed by atoms with Crippen molar-refractivity contribution < 1.29 is 9.53 Å². The number of alkyl halides is 1. The Balaban J connectivity index is 2.62. The quantitative estimate of drug-likeness (QED) is 0.741. The summed E-state index contributed by atoms with van der Waals surface area (Å²) < 4.78 is 5.20. The van der Waals surface area contributed by atoms with E-state index in [-0.39, 0.29) is 28.8 Å². The molecule has 1 saturated heterocycles. The summed E-state index contributed by atoms with van der Waals surface area (Å²) in [7, 11) is 1.61. The Kier molecular flexibility index (Phi) is 4.15. The largest absolute Gasteiger partial charge is 0.365 e. The van der Waals surface area contributed by atoms with Crippen LogP contribution in [0.3, 0.4) is 0 Å². The molecule has 0 aliphatic carbocycles. The smallest absolute Gasteiger partial charge is 0.155 e. The average molecular weight is 234 g/mol. The van der Waals surface area contributed by atoms with Gasteiger partial charge in [-0.05, 0) is 12.8 Å². The normalized spacial score (nSPS) is 32.7. The molecule has 3 nitrogen and oxygen atoms in total. The van der Waals surface area contributed by atoms with Gasteiger partial charge >= 0.3 is 0 Å². The van der Waals surface area contributed by atoms with Gasteiger partial charge in [-0.1, -0.05) is 20.8 Å². The SMILES string of the molecule is COC1NC(C(=O)C(C)(C)C)CCC1Cl. The number of hydrogen-bond acceptors (Lipinski definition) is 3. The number of Topliss-reactive ketones (excluding diaryl/α,β-unsaturated/α-hetero) is 1. The third kappa shape index (κ3) is 3.16. The standard InChI is InChI=1S/C11H20ClNO2/c1-11(2,3)9(14)8-6-5-7(12)10(13-8)15-4/h7-8,10,13H,5-6H2,1-4H3. The molecule has 3 atom stereocenters. The molecule has 1 rings (SSSR count). The van der Waals surface area contributed by atoms with E-state index in [4.69, 9.17) is 16.3 Å². The van der Waals surface area contributed by atoms with Crippen molar-refractivity contribution >= 4 is 17.4 Å². The number of carbonyl (C=O) groups is 1. The van der Waals surface area contributed by atoms with E-state index in [2.05, 4.69) is 5.32 Å². The third-order valence-electron chi connectivity index (χ3n) is 2.73. The zero-order valence-electron chi connectivity index (χ0n) is 9.84. The Bertz CT molecular complexity index is 237. The van der Waals surface area contributed by atoms with E-state index in [1.54, 1.807) is 7.11 Å². The van der Waals surface area contributed by atoms with E-state index in [9.17, 15) is 4.79 Å². The first-order chi connectivity index (χ1) is 6.86. The second-order valence-electron chi connectivity index (χ2n) is 5.08. The number of ether oxygens (including phenoxy) is 1. The second kappa shape index (κ2) is 4.81. The van der Waals surface area contributed by atoms with Gasteiger partial charge < -0.3 is 4.74 Å². The summed E-state index contributed by atoms with van der Waals surface area (Å²) >= 11 is 6.07. The highest BCUT2D eigenvalue weighted by molar-refractivity contribution is 6.21. The molecule has 1 aliphatic heterocycles. The first-order valence-corrected chi connectivity index (χ1v) is 5.77. The molecule has 1 heterocycles. The van der Waals surface area contributed by atoms with Crippen LogP contribution in [0.5, 0.6) is 0 Å². The first-order valence-electron chi connectivity index (χ1n) is 5.33. The Labute approximate surface area is 96.5 Å². The molecule has 0 aromatic carbocycles. The summed E-state index contributed by atoms with van der Waals surface area (Å²) in [6.07, 6.45) is 1.40. The molecule has 0 radical (unpaired) electrons. The van der Waals surface area contributed by atoms with Crippen LogP contribution in [0.2, 0.25) is 0 Å². The molecule has 1 N–H and O–H groups in total. The highest BCUT2D eigenvalue weighted by atomic mass is 35.5. The fourth-order valence-electron chi connectivity index (χ4n) is 1.81. The van der Waals surface area contributed by atoms with E-state index < -0.39 is 0 Å². The Morgan fingerprint density at radius 2 is 2.00 bits per heavy atom. The molecule has 1 fully saturated rings. The minimum atomic E-state index is -0.310. The molecule has 0 aromatic heterocycles. The van der Waals surface area contributed by atoms with Crippen molar-refractivity contribution in [3.8, 4) is 0 Å². The average Bonchev–Trinajstić information content (AvgIpc) is 2.16. The second-order valence-corrected chi connectivity index (χ2v) is 5.64. The molecular weight excluding hydrogens is 214 g/mol. The molecule has 15 heavy (non-hydrogen) atoms. The van der Waals surface area contributed by atoms with Gasteiger partial charge in [-0.25, -0.2) is 0 Å². The maximum atomic E-state index is 12.0. The highest BCUT2D eigenvalue weighted by Gasteiger charge is 2.36. The van der Waals surface area contributed by atoms with E-state index in [1.807, 2.05) is 20.8 Å². The predicted molar refractivity (Wildman–Crippen MR) is 61.1 cm³/mol.